The molecule has 2 amide bonds. The Morgan fingerprint density at radius 2 is 2.18 bits per heavy atom. The second kappa shape index (κ2) is 8.91. The van der Waals surface area contributed by atoms with Gasteiger partial charge in [0.15, 0.2) is 5.76 Å². The Kier molecular flexibility index (Phi) is 6.34. The number of aryl methyl sites for hydroxylation is 1. The Hall–Kier alpha value is -2.83. The summed E-state index contributed by atoms with van der Waals surface area (Å²) < 4.78 is 10.6. The summed E-state index contributed by atoms with van der Waals surface area (Å²) in [6.45, 7) is 4.77. The van der Waals surface area contributed by atoms with Gasteiger partial charge in [-0.15, -0.1) is 0 Å². The highest BCUT2D eigenvalue weighted by molar-refractivity contribution is 5.85. The number of nitrogens with one attached hydrogen (secondary N) is 1. The van der Waals surface area contributed by atoms with E-state index in [1.165, 1.54) is 0 Å². The molecular formula is C21H27N3O4. The zero-order chi connectivity index (χ0) is 20.1. The van der Waals surface area contributed by atoms with Crippen molar-refractivity contribution in [3.8, 4) is 5.75 Å². The first-order chi connectivity index (χ1) is 13.6. The van der Waals surface area contributed by atoms with Crippen LogP contribution in [0.1, 0.15) is 49.7 Å². The first-order valence-corrected chi connectivity index (χ1v) is 9.73. The second-order valence-corrected chi connectivity index (χ2v) is 6.90. The van der Waals surface area contributed by atoms with Gasteiger partial charge in [0.1, 0.15) is 5.75 Å². The molecule has 0 bridgehead atoms. The molecule has 2 atom stereocenters. The van der Waals surface area contributed by atoms with Gasteiger partial charge in [0.05, 0.1) is 31.3 Å². The molecule has 7 heteroatoms. The molecule has 1 N–H and O–H groups in total. The third kappa shape index (κ3) is 4.18. The van der Waals surface area contributed by atoms with E-state index in [-0.39, 0.29) is 30.3 Å². The van der Waals surface area contributed by atoms with Crippen LogP contribution in [0.25, 0.3) is 0 Å². The van der Waals surface area contributed by atoms with Gasteiger partial charge in [-0.05, 0) is 37.5 Å². The zero-order valence-corrected chi connectivity index (χ0v) is 16.6. The monoisotopic (exact) mass is 385 g/mol. The molecule has 0 unspecified atom stereocenters. The van der Waals surface area contributed by atoms with Crippen LogP contribution in [0.2, 0.25) is 0 Å². The first-order valence-electron chi connectivity index (χ1n) is 9.73. The van der Waals surface area contributed by atoms with Gasteiger partial charge in [-0.25, -0.2) is 0 Å². The standard InChI is InChI=1S/C21H27N3O4/c1-4-15-12-17(28-23-15)13-22-21(26)18-9-10-19(25)24(5-2)20(18)14-7-6-8-16(11-14)27-3/h6-8,11-12,18,20H,4-5,9-10,13H2,1-3H3,(H,22,26)/t18-,20+/m1/s1. The number of nitrogens with zero attached hydrogens (tertiary/aromatic N) is 2. The number of carbonyl (C=O) groups is 2. The van der Waals surface area contributed by atoms with Gasteiger partial charge in [-0.3, -0.25) is 9.59 Å². The number of likely N-dealkylation sites (tertiary alicyclic amines) is 1. The smallest absolute Gasteiger partial charge is 0.225 e. The highest BCUT2D eigenvalue weighted by Crippen LogP contribution is 2.37. The maximum Gasteiger partial charge on any atom is 0.225 e. The Morgan fingerprint density at radius 3 is 2.86 bits per heavy atom. The molecule has 0 aliphatic carbocycles. The summed E-state index contributed by atoms with van der Waals surface area (Å²) in [6, 6.07) is 9.12. The number of aromatic nitrogens is 1. The van der Waals surface area contributed by atoms with Gasteiger partial charge in [0.2, 0.25) is 11.8 Å². The van der Waals surface area contributed by atoms with Crippen LogP contribution in [0.3, 0.4) is 0 Å². The molecule has 150 valence electrons. The molecule has 1 aromatic heterocycles. The molecule has 0 saturated carbocycles. The third-order valence-electron chi connectivity index (χ3n) is 5.23. The molecule has 1 aromatic carbocycles. The van der Waals surface area contributed by atoms with Gasteiger partial charge in [-0.2, -0.15) is 0 Å². The van der Waals surface area contributed by atoms with Crippen molar-refractivity contribution in [2.45, 2.75) is 45.7 Å². The van der Waals surface area contributed by atoms with Crippen molar-refractivity contribution in [1.29, 1.82) is 0 Å². The fourth-order valence-electron chi connectivity index (χ4n) is 3.75. The molecular weight excluding hydrogens is 358 g/mol. The predicted octanol–water partition coefficient (Wildman–Crippen LogP) is 2.86. The third-order valence-corrected chi connectivity index (χ3v) is 5.23. The largest absolute Gasteiger partial charge is 0.497 e. The van der Waals surface area contributed by atoms with Crippen LogP contribution in [0.5, 0.6) is 5.75 Å². The van der Waals surface area contributed by atoms with Crippen molar-refractivity contribution in [3.63, 3.8) is 0 Å². The molecule has 1 fully saturated rings. The fraction of sp³-hybridized carbons (Fsp3) is 0.476. The van der Waals surface area contributed by atoms with E-state index in [0.29, 0.717) is 30.9 Å². The summed E-state index contributed by atoms with van der Waals surface area (Å²) in [5.41, 5.74) is 1.77. The van der Waals surface area contributed by atoms with E-state index in [4.69, 9.17) is 9.26 Å². The molecule has 2 aromatic rings. The molecule has 7 nitrogen and oxygen atoms in total. The van der Waals surface area contributed by atoms with Gasteiger partial charge >= 0.3 is 0 Å². The summed E-state index contributed by atoms with van der Waals surface area (Å²) in [6.07, 6.45) is 1.67. The van der Waals surface area contributed by atoms with Crippen LogP contribution in [0.4, 0.5) is 0 Å². The number of rotatable bonds is 7. The van der Waals surface area contributed by atoms with Crippen LogP contribution < -0.4 is 10.1 Å². The van der Waals surface area contributed by atoms with Crippen molar-refractivity contribution in [3.05, 3.63) is 47.3 Å². The van der Waals surface area contributed by atoms with Crippen LogP contribution in [-0.2, 0) is 22.6 Å². The molecule has 0 radical (unpaired) electrons. The van der Waals surface area contributed by atoms with Crippen molar-refractivity contribution in [1.82, 2.24) is 15.4 Å². The van der Waals surface area contributed by atoms with Crippen molar-refractivity contribution < 1.29 is 18.8 Å². The van der Waals surface area contributed by atoms with E-state index >= 15 is 0 Å². The average molecular weight is 385 g/mol. The second-order valence-electron chi connectivity index (χ2n) is 6.90. The van der Waals surface area contributed by atoms with Crippen LogP contribution in [-0.4, -0.2) is 35.5 Å². The molecule has 2 heterocycles. The number of amides is 2. The number of benzene rings is 1. The van der Waals surface area contributed by atoms with E-state index in [1.807, 2.05) is 44.2 Å². The van der Waals surface area contributed by atoms with Crippen LogP contribution in [0.15, 0.2) is 34.9 Å². The number of methoxy groups -OCH3 is 1. The normalized spacial score (nSPS) is 19.5. The number of carbonyl (C=O) groups excluding carboxylic acids is 2. The van der Waals surface area contributed by atoms with Crippen LogP contribution in [0, 0.1) is 5.92 Å². The van der Waals surface area contributed by atoms with E-state index in [0.717, 1.165) is 17.7 Å². The average Bonchev–Trinajstić information content (AvgIpc) is 3.20. The van der Waals surface area contributed by atoms with Gasteiger partial charge in [0.25, 0.3) is 0 Å². The minimum atomic E-state index is -0.335. The minimum Gasteiger partial charge on any atom is -0.497 e. The molecule has 1 aliphatic heterocycles. The van der Waals surface area contributed by atoms with Gasteiger partial charge in [0, 0.05) is 19.0 Å². The van der Waals surface area contributed by atoms with E-state index in [1.54, 1.807) is 12.0 Å². The number of ether oxygens (including phenoxy) is 1. The number of piperidine rings is 1. The Labute approximate surface area is 165 Å². The molecule has 1 saturated heterocycles. The lowest BCUT2D eigenvalue weighted by molar-refractivity contribution is -0.143. The lowest BCUT2D eigenvalue weighted by atomic mass is 9.83. The lowest BCUT2D eigenvalue weighted by Crippen LogP contribution is -2.47. The van der Waals surface area contributed by atoms with E-state index in [2.05, 4.69) is 10.5 Å². The molecule has 0 spiro atoms. The van der Waals surface area contributed by atoms with Crippen molar-refractivity contribution >= 4 is 11.8 Å². The van der Waals surface area contributed by atoms with Gasteiger partial charge < -0.3 is 19.5 Å². The molecule has 28 heavy (non-hydrogen) atoms. The summed E-state index contributed by atoms with van der Waals surface area (Å²) in [5.74, 6) is 0.982. The van der Waals surface area contributed by atoms with E-state index in [9.17, 15) is 9.59 Å². The maximum absolute atomic E-state index is 13.0. The fourth-order valence-corrected chi connectivity index (χ4v) is 3.75. The maximum atomic E-state index is 13.0. The van der Waals surface area contributed by atoms with Crippen molar-refractivity contribution in [2.24, 2.45) is 5.92 Å². The Bertz CT molecular complexity index is 833. The summed E-state index contributed by atoms with van der Waals surface area (Å²) in [4.78, 5) is 27.3. The number of hydrogen-bond acceptors (Lipinski definition) is 5. The zero-order valence-electron chi connectivity index (χ0n) is 16.6. The molecule has 3 rings (SSSR count). The summed E-state index contributed by atoms with van der Waals surface area (Å²) in [7, 11) is 1.61. The Morgan fingerprint density at radius 1 is 1.36 bits per heavy atom. The number of hydrogen-bond donors (Lipinski definition) is 1. The summed E-state index contributed by atoms with van der Waals surface area (Å²) in [5, 5.41) is 6.90. The molecule has 1 aliphatic rings. The summed E-state index contributed by atoms with van der Waals surface area (Å²) >= 11 is 0. The predicted molar refractivity (Wildman–Crippen MR) is 104 cm³/mol. The quantitative estimate of drug-likeness (QED) is 0.792. The van der Waals surface area contributed by atoms with Gasteiger partial charge in [-0.1, -0.05) is 24.2 Å². The first kappa shape index (κ1) is 19.9. The van der Waals surface area contributed by atoms with Crippen molar-refractivity contribution in [2.75, 3.05) is 13.7 Å². The topological polar surface area (TPSA) is 84.7 Å². The highest BCUT2D eigenvalue weighted by atomic mass is 16.5. The Balaban J connectivity index is 1.81. The highest BCUT2D eigenvalue weighted by Gasteiger charge is 2.40. The van der Waals surface area contributed by atoms with E-state index < -0.39 is 0 Å². The SMILES string of the molecule is CCc1cc(CNC(=O)[C@@H]2CCC(=O)N(CC)[C@H]2c2cccc(OC)c2)on1. The minimum absolute atomic E-state index is 0.0715. The lowest BCUT2D eigenvalue weighted by Gasteiger charge is -2.40. The van der Waals surface area contributed by atoms with Crippen LogP contribution >= 0.6 is 0 Å².